The van der Waals surface area contributed by atoms with Crippen LogP contribution in [0.4, 0.5) is 0 Å². The van der Waals surface area contributed by atoms with Crippen molar-refractivity contribution in [2.75, 3.05) is 6.61 Å². The number of aliphatic hydroxyl groups is 2. The van der Waals surface area contributed by atoms with E-state index in [0.717, 1.165) is 12.0 Å². The van der Waals surface area contributed by atoms with Gasteiger partial charge in [0.2, 0.25) is 0 Å². The molecule has 2 aliphatic rings. The van der Waals surface area contributed by atoms with Crippen molar-refractivity contribution >= 4 is 6.29 Å². The van der Waals surface area contributed by atoms with Crippen molar-refractivity contribution in [2.24, 2.45) is 0 Å². The second kappa shape index (κ2) is 4.17. The number of carbonyl (C=O) groups is 1. The largest absolute Gasteiger partial charge is 0.393 e. The Balaban J connectivity index is 1.88. The van der Waals surface area contributed by atoms with Gasteiger partial charge >= 0.3 is 0 Å². The number of aryl methyl sites for hydroxylation is 1. The number of ether oxygens (including phenoxy) is 2. The lowest BCUT2D eigenvalue weighted by atomic mass is 10.0. The van der Waals surface area contributed by atoms with Crippen molar-refractivity contribution in [3.63, 3.8) is 0 Å². The van der Waals surface area contributed by atoms with Crippen molar-refractivity contribution in [1.82, 2.24) is 4.57 Å². The first-order valence-electron chi connectivity index (χ1n) is 5.95. The molecule has 3 atom stereocenters. The fraction of sp³-hybridized carbons (Fsp3) is 0.583. The first kappa shape index (κ1) is 11.9. The minimum Gasteiger partial charge on any atom is -0.393 e. The van der Waals surface area contributed by atoms with E-state index in [2.05, 4.69) is 0 Å². The average molecular weight is 253 g/mol. The van der Waals surface area contributed by atoms with Crippen LogP contribution in [-0.4, -0.2) is 45.9 Å². The molecule has 1 aromatic rings. The van der Waals surface area contributed by atoms with E-state index in [1.54, 1.807) is 6.07 Å². The van der Waals surface area contributed by atoms with Gasteiger partial charge in [-0.25, -0.2) is 0 Å². The lowest BCUT2D eigenvalue weighted by Crippen LogP contribution is -2.41. The summed E-state index contributed by atoms with van der Waals surface area (Å²) in [6.07, 6.45) is 0.257. The third-order valence-electron chi connectivity index (χ3n) is 3.59. The van der Waals surface area contributed by atoms with Crippen molar-refractivity contribution in [3.8, 4) is 0 Å². The Hall–Kier alpha value is -1.21. The molecule has 1 aromatic heterocycles. The standard InChI is InChI=1S/C12H15NO5/c14-5-9-2-1-8-3-4-12(7-13(8)9)17-10(6-15)11(16)18-12/h1-2,5,10-11,15-16H,3-4,6-7H2/t10-,11+,12+/m1/s1. The molecule has 3 rings (SSSR count). The summed E-state index contributed by atoms with van der Waals surface area (Å²) in [6.45, 7) is 0.0684. The van der Waals surface area contributed by atoms with Gasteiger partial charge in [0, 0.05) is 12.1 Å². The highest BCUT2D eigenvalue weighted by Gasteiger charge is 2.48. The summed E-state index contributed by atoms with van der Waals surface area (Å²) in [5, 5.41) is 18.7. The van der Waals surface area contributed by atoms with E-state index in [0.29, 0.717) is 25.1 Å². The Kier molecular flexibility index (Phi) is 2.74. The molecule has 0 saturated carbocycles. The van der Waals surface area contributed by atoms with Gasteiger partial charge in [-0.2, -0.15) is 0 Å². The number of nitrogens with zero attached hydrogens (tertiary/aromatic N) is 1. The highest BCUT2D eigenvalue weighted by molar-refractivity contribution is 5.72. The summed E-state index contributed by atoms with van der Waals surface area (Å²) < 4.78 is 12.9. The Labute approximate surface area is 104 Å². The second-order valence-corrected chi connectivity index (χ2v) is 4.71. The van der Waals surface area contributed by atoms with Crippen LogP contribution in [0.15, 0.2) is 12.1 Å². The van der Waals surface area contributed by atoms with Crippen LogP contribution in [-0.2, 0) is 22.4 Å². The fourth-order valence-corrected chi connectivity index (χ4v) is 2.66. The number of rotatable bonds is 2. The highest BCUT2D eigenvalue weighted by Crippen LogP contribution is 2.37. The maximum atomic E-state index is 10.9. The minimum absolute atomic E-state index is 0.290. The molecule has 18 heavy (non-hydrogen) atoms. The lowest BCUT2D eigenvalue weighted by Gasteiger charge is -2.33. The van der Waals surface area contributed by atoms with Gasteiger partial charge in [0.25, 0.3) is 0 Å². The number of aliphatic hydroxyl groups excluding tert-OH is 2. The van der Waals surface area contributed by atoms with Gasteiger partial charge in [-0.3, -0.25) is 4.79 Å². The van der Waals surface area contributed by atoms with Gasteiger partial charge in [-0.15, -0.1) is 0 Å². The monoisotopic (exact) mass is 253 g/mol. The molecule has 2 aliphatic heterocycles. The van der Waals surface area contributed by atoms with E-state index in [9.17, 15) is 9.90 Å². The summed E-state index contributed by atoms with van der Waals surface area (Å²) in [7, 11) is 0. The molecule has 6 heteroatoms. The van der Waals surface area contributed by atoms with Crippen molar-refractivity contribution in [2.45, 2.75) is 37.6 Å². The van der Waals surface area contributed by atoms with Crippen molar-refractivity contribution in [3.05, 3.63) is 23.5 Å². The quantitative estimate of drug-likeness (QED) is 0.705. The SMILES string of the molecule is O=Cc1ccc2n1C[C@]1(CC2)O[C@H](O)[C@@H](CO)O1. The van der Waals surface area contributed by atoms with Crippen LogP contribution in [0.2, 0.25) is 0 Å². The molecule has 0 bridgehead atoms. The van der Waals surface area contributed by atoms with E-state index in [1.165, 1.54) is 0 Å². The van der Waals surface area contributed by atoms with Gasteiger partial charge in [-0.1, -0.05) is 0 Å². The Morgan fingerprint density at radius 1 is 1.50 bits per heavy atom. The fourth-order valence-electron chi connectivity index (χ4n) is 2.66. The van der Waals surface area contributed by atoms with Crippen LogP contribution in [0.1, 0.15) is 22.6 Å². The zero-order valence-electron chi connectivity index (χ0n) is 9.78. The summed E-state index contributed by atoms with van der Waals surface area (Å²) in [6, 6.07) is 3.67. The summed E-state index contributed by atoms with van der Waals surface area (Å²) in [5.74, 6) is -0.934. The van der Waals surface area contributed by atoms with Gasteiger partial charge in [0.15, 0.2) is 18.4 Å². The third kappa shape index (κ3) is 1.69. The number of aldehydes is 1. The number of carbonyl (C=O) groups excluding carboxylic acids is 1. The van der Waals surface area contributed by atoms with Crippen LogP contribution in [0.3, 0.4) is 0 Å². The van der Waals surface area contributed by atoms with E-state index >= 15 is 0 Å². The Morgan fingerprint density at radius 2 is 2.33 bits per heavy atom. The molecule has 0 amide bonds. The number of aromatic nitrogens is 1. The van der Waals surface area contributed by atoms with Gasteiger partial charge in [0.1, 0.15) is 6.10 Å². The van der Waals surface area contributed by atoms with Gasteiger partial charge in [-0.05, 0) is 18.6 Å². The molecule has 0 aromatic carbocycles. The molecular formula is C12H15NO5. The number of fused-ring (bicyclic) bond motifs is 1. The molecular weight excluding hydrogens is 238 g/mol. The normalized spacial score (nSPS) is 34.8. The first-order chi connectivity index (χ1) is 8.67. The van der Waals surface area contributed by atoms with Gasteiger partial charge < -0.3 is 24.3 Å². The van der Waals surface area contributed by atoms with Crippen LogP contribution in [0, 0.1) is 0 Å². The molecule has 2 N–H and O–H groups in total. The van der Waals surface area contributed by atoms with Crippen LogP contribution >= 0.6 is 0 Å². The minimum atomic E-state index is -1.12. The zero-order chi connectivity index (χ0) is 12.8. The average Bonchev–Trinajstić information content (AvgIpc) is 2.90. The second-order valence-electron chi connectivity index (χ2n) is 4.71. The van der Waals surface area contributed by atoms with E-state index in [1.807, 2.05) is 10.6 Å². The van der Waals surface area contributed by atoms with E-state index in [-0.39, 0.29) is 6.61 Å². The third-order valence-corrected chi connectivity index (χ3v) is 3.59. The number of hydrogen-bond donors (Lipinski definition) is 2. The smallest absolute Gasteiger partial charge is 0.190 e. The predicted octanol–water partition coefficient (Wildman–Crippen LogP) is -0.331. The summed E-state index contributed by atoms with van der Waals surface area (Å²) >= 11 is 0. The Bertz CT molecular complexity index is 471. The van der Waals surface area contributed by atoms with Crippen molar-refractivity contribution in [1.29, 1.82) is 0 Å². The first-order valence-corrected chi connectivity index (χ1v) is 5.95. The molecule has 1 fully saturated rings. The summed E-state index contributed by atoms with van der Waals surface area (Å²) in [4.78, 5) is 10.9. The molecule has 1 saturated heterocycles. The molecule has 0 aliphatic carbocycles. The molecule has 0 unspecified atom stereocenters. The van der Waals surface area contributed by atoms with E-state index in [4.69, 9.17) is 14.6 Å². The molecule has 1 spiro atoms. The maximum Gasteiger partial charge on any atom is 0.190 e. The van der Waals surface area contributed by atoms with Crippen molar-refractivity contribution < 1.29 is 24.5 Å². The zero-order valence-corrected chi connectivity index (χ0v) is 9.78. The Morgan fingerprint density at radius 3 is 3.00 bits per heavy atom. The number of hydrogen-bond acceptors (Lipinski definition) is 5. The van der Waals surface area contributed by atoms with E-state index < -0.39 is 18.2 Å². The maximum absolute atomic E-state index is 10.9. The topological polar surface area (TPSA) is 80.9 Å². The molecule has 0 radical (unpaired) electrons. The highest BCUT2D eigenvalue weighted by atomic mass is 16.8. The molecule has 6 nitrogen and oxygen atoms in total. The molecule has 3 heterocycles. The van der Waals surface area contributed by atoms with Crippen LogP contribution in [0.5, 0.6) is 0 Å². The lowest BCUT2D eigenvalue weighted by molar-refractivity contribution is -0.216. The summed E-state index contributed by atoms with van der Waals surface area (Å²) in [5.41, 5.74) is 1.62. The molecule has 98 valence electrons. The van der Waals surface area contributed by atoms with Gasteiger partial charge in [0.05, 0.1) is 18.8 Å². The predicted molar refractivity (Wildman–Crippen MR) is 59.9 cm³/mol. The van der Waals surface area contributed by atoms with Crippen LogP contribution < -0.4 is 0 Å². The van der Waals surface area contributed by atoms with Crippen LogP contribution in [0.25, 0.3) is 0 Å².